The Balaban J connectivity index is 2.13. The first-order valence-electron chi connectivity index (χ1n) is 5.29. The highest BCUT2D eigenvalue weighted by atomic mass is 16.5. The van der Waals surface area contributed by atoms with E-state index >= 15 is 0 Å². The maximum Gasteiger partial charge on any atom is 0.479 e. The van der Waals surface area contributed by atoms with E-state index in [1.165, 1.54) is 11.1 Å². The predicted molar refractivity (Wildman–Crippen MR) is 55.8 cm³/mol. The van der Waals surface area contributed by atoms with Crippen molar-refractivity contribution < 1.29 is 24.5 Å². The standard InChI is InChI=1S/C10H14N2O5/c1-5-3-12(10(16)11-9(5)15)8-2-6(14)7(4-13)17-8/h3,6-8,13-14H,2,4H2,1H3,(H,11,15,16)/q+1/t6-,7+,8+/m0/s1. The summed E-state index contributed by atoms with van der Waals surface area (Å²) < 4.78 is 5.33. The second kappa shape index (κ2) is 4.53. The molecule has 0 spiro atoms. The van der Waals surface area contributed by atoms with E-state index in [9.17, 15) is 14.7 Å². The lowest BCUT2D eigenvalue weighted by molar-refractivity contribution is -0.117. The third-order valence-electron chi connectivity index (χ3n) is 2.84. The molecule has 93 valence electrons. The van der Waals surface area contributed by atoms with Gasteiger partial charge in [0.05, 0.1) is 24.7 Å². The van der Waals surface area contributed by atoms with Crippen LogP contribution in [0.25, 0.3) is 0 Å². The molecule has 0 saturated carbocycles. The van der Waals surface area contributed by atoms with Crippen LogP contribution >= 0.6 is 0 Å². The second-order valence-electron chi connectivity index (χ2n) is 4.09. The largest absolute Gasteiger partial charge is 0.479 e. The first-order chi connectivity index (χ1) is 8.02. The zero-order valence-corrected chi connectivity index (χ0v) is 9.29. The van der Waals surface area contributed by atoms with Crippen molar-refractivity contribution in [3.8, 4) is 0 Å². The molecule has 2 heterocycles. The number of imide groups is 1. The van der Waals surface area contributed by atoms with Gasteiger partial charge < -0.3 is 14.9 Å². The fourth-order valence-corrected chi connectivity index (χ4v) is 1.85. The summed E-state index contributed by atoms with van der Waals surface area (Å²) in [6.07, 6.45) is -0.581. The van der Waals surface area contributed by atoms with Crippen LogP contribution < -0.4 is 10.2 Å². The van der Waals surface area contributed by atoms with Crippen LogP contribution in [0.2, 0.25) is 0 Å². The van der Waals surface area contributed by atoms with E-state index in [-0.39, 0.29) is 13.0 Å². The zero-order chi connectivity index (χ0) is 12.6. The molecule has 2 aliphatic heterocycles. The van der Waals surface area contributed by atoms with Crippen LogP contribution in [0.1, 0.15) is 13.3 Å². The number of hydrogen-bond donors (Lipinski definition) is 3. The first kappa shape index (κ1) is 12.2. The van der Waals surface area contributed by atoms with Crippen LogP contribution in [-0.4, -0.2) is 47.2 Å². The van der Waals surface area contributed by atoms with Gasteiger partial charge in [-0.15, -0.1) is 0 Å². The lowest BCUT2D eigenvalue weighted by atomic mass is 10.2. The van der Waals surface area contributed by atoms with E-state index in [4.69, 9.17) is 9.84 Å². The van der Waals surface area contributed by atoms with Crippen LogP contribution in [0.3, 0.4) is 0 Å². The molecule has 7 heteroatoms. The monoisotopic (exact) mass is 242 g/mol. The second-order valence-corrected chi connectivity index (χ2v) is 4.09. The molecule has 1 saturated heterocycles. The molecule has 2 rings (SSSR count). The van der Waals surface area contributed by atoms with E-state index in [1.54, 1.807) is 6.92 Å². The Morgan fingerprint density at radius 2 is 2.29 bits per heavy atom. The van der Waals surface area contributed by atoms with Gasteiger partial charge in [-0.3, -0.25) is 4.79 Å². The normalized spacial score (nSPS) is 34.8. The van der Waals surface area contributed by atoms with Crippen molar-refractivity contribution in [3.63, 3.8) is 0 Å². The fourth-order valence-electron chi connectivity index (χ4n) is 1.85. The molecule has 0 unspecified atom stereocenters. The van der Waals surface area contributed by atoms with Crippen molar-refractivity contribution in [3.05, 3.63) is 11.8 Å². The molecule has 0 aromatic heterocycles. The summed E-state index contributed by atoms with van der Waals surface area (Å²) >= 11 is 0. The molecule has 3 amide bonds. The Morgan fingerprint density at radius 3 is 2.88 bits per heavy atom. The number of amides is 3. The number of nitrogens with one attached hydrogen (secondary N) is 1. The van der Waals surface area contributed by atoms with Crippen LogP contribution in [0.5, 0.6) is 0 Å². The van der Waals surface area contributed by atoms with E-state index < -0.39 is 30.4 Å². The highest BCUT2D eigenvalue weighted by Crippen LogP contribution is 2.23. The average Bonchev–Trinajstić information content (AvgIpc) is 2.65. The van der Waals surface area contributed by atoms with Gasteiger partial charge in [0.25, 0.3) is 12.1 Å². The van der Waals surface area contributed by atoms with Crippen molar-refractivity contribution in [2.75, 3.05) is 6.61 Å². The Bertz CT molecular complexity index is 381. The molecule has 3 atom stereocenters. The molecule has 2 aliphatic rings. The zero-order valence-electron chi connectivity index (χ0n) is 9.29. The maximum atomic E-state index is 11.6. The van der Waals surface area contributed by atoms with Crippen molar-refractivity contribution in [2.24, 2.45) is 0 Å². The molecule has 1 radical (unpaired) electrons. The third-order valence-corrected chi connectivity index (χ3v) is 2.84. The van der Waals surface area contributed by atoms with Gasteiger partial charge in [-0.2, -0.15) is 0 Å². The lowest BCUT2D eigenvalue weighted by Gasteiger charge is -2.16. The molecule has 0 aromatic rings. The highest BCUT2D eigenvalue weighted by molar-refractivity contribution is 6.07. The number of nitrogens with zero attached hydrogens (tertiary/aromatic N) is 1. The van der Waals surface area contributed by atoms with E-state index in [2.05, 4.69) is 5.32 Å². The molecule has 0 bridgehead atoms. The topological polar surface area (TPSA) is 102 Å². The minimum absolute atomic E-state index is 0.205. The highest BCUT2D eigenvalue weighted by Gasteiger charge is 2.48. The molecule has 3 N–H and O–H groups in total. The molecule has 1 fully saturated rings. The summed E-state index contributed by atoms with van der Waals surface area (Å²) in [7, 11) is 0. The molecular formula is C10H14N2O5+. The molecule has 7 nitrogen and oxygen atoms in total. The van der Waals surface area contributed by atoms with Gasteiger partial charge in [0.1, 0.15) is 6.10 Å². The van der Waals surface area contributed by atoms with Crippen molar-refractivity contribution in [1.82, 2.24) is 10.2 Å². The average molecular weight is 242 g/mol. The van der Waals surface area contributed by atoms with Gasteiger partial charge in [0, 0.05) is 0 Å². The number of urea groups is 1. The fraction of sp³-hybridized carbons (Fsp3) is 0.600. The molecule has 0 aliphatic carbocycles. The minimum atomic E-state index is -0.816. The summed E-state index contributed by atoms with van der Waals surface area (Å²) in [5.74, 6) is -0.441. The Morgan fingerprint density at radius 1 is 1.59 bits per heavy atom. The van der Waals surface area contributed by atoms with E-state index in [0.717, 1.165) is 0 Å². The van der Waals surface area contributed by atoms with Gasteiger partial charge >= 0.3 is 6.03 Å². The first-order valence-corrected chi connectivity index (χ1v) is 5.29. The van der Waals surface area contributed by atoms with Gasteiger partial charge in [-0.1, -0.05) is 0 Å². The van der Waals surface area contributed by atoms with Gasteiger partial charge in [-0.25, -0.2) is 10.1 Å². The Labute approximate surface area is 97.7 Å². The summed E-state index contributed by atoms with van der Waals surface area (Å²) in [5, 5.41) is 20.7. The summed E-state index contributed by atoms with van der Waals surface area (Å²) in [4.78, 5) is 24.0. The SMILES string of the molecule is CC1=C[N+]([C@H]2C[C@H](O)[C@@H](CO)O2)C(=O)NC1=O. The Kier molecular flexibility index (Phi) is 3.25. The van der Waals surface area contributed by atoms with Gasteiger partial charge in [-0.05, 0) is 11.8 Å². The summed E-state index contributed by atoms with van der Waals surface area (Å²) in [5.41, 5.74) is 0.384. The third kappa shape index (κ3) is 2.22. The van der Waals surface area contributed by atoms with Gasteiger partial charge in [0.15, 0.2) is 6.20 Å². The van der Waals surface area contributed by atoms with Crippen LogP contribution in [0.4, 0.5) is 4.79 Å². The number of aliphatic hydroxyl groups is 2. The van der Waals surface area contributed by atoms with Gasteiger partial charge in [0.2, 0.25) is 0 Å². The number of hydrogen-bond acceptors (Lipinski definition) is 5. The van der Waals surface area contributed by atoms with Crippen LogP contribution in [0, 0.1) is 0 Å². The quantitative estimate of drug-likeness (QED) is 0.525. The number of rotatable bonds is 2. The number of ether oxygens (including phenoxy) is 1. The molecular weight excluding hydrogens is 228 g/mol. The lowest BCUT2D eigenvalue weighted by Crippen LogP contribution is -2.53. The summed E-state index contributed by atoms with van der Waals surface area (Å²) in [6, 6.07) is -0.587. The van der Waals surface area contributed by atoms with E-state index in [0.29, 0.717) is 5.57 Å². The minimum Gasteiger partial charge on any atom is -0.394 e. The molecule has 0 aromatic carbocycles. The van der Waals surface area contributed by atoms with Crippen molar-refractivity contribution >= 4 is 11.9 Å². The number of aliphatic hydroxyl groups excluding tert-OH is 2. The smallest absolute Gasteiger partial charge is 0.394 e. The van der Waals surface area contributed by atoms with Crippen molar-refractivity contribution in [1.29, 1.82) is 0 Å². The maximum absolute atomic E-state index is 11.6. The predicted octanol–water partition coefficient (Wildman–Crippen LogP) is -1.25. The van der Waals surface area contributed by atoms with Crippen LogP contribution in [0.15, 0.2) is 11.8 Å². The van der Waals surface area contributed by atoms with Crippen molar-refractivity contribution in [2.45, 2.75) is 31.8 Å². The summed E-state index contributed by atoms with van der Waals surface area (Å²) in [6.45, 7) is 1.26. The molecule has 17 heavy (non-hydrogen) atoms. The number of carbonyl (C=O) groups excluding carboxylic acids is 2. The van der Waals surface area contributed by atoms with E-state index in [1.807, 2.05) is 0 Å². The Hall–Kier alpha value is -1.28. The van der Waals surface area contributed by atoms with Crippen LogP contribution in [-0.2, 0) is 9.53 Å². The number of carbonyl (C=O) groups is 2.